The molecule has 1 aliphatic heterocycles. The fourth-order valence-electron chi connectivity index (χ4n) is 5.91. The van der Waals surface area contributed by atoms with Gasteiger partial charge in [-0.25, -0.2) is 4.79 Å². The van der Waals surface area contributed by atoms with Gasteiger partial charge in [-0.2, -0.15) is 0 Å². The quantitative estimate of drug-likeness (QED) is 0.805. The Kier molecular flexibility index (Phi) is 4.58. The van der Waals surface area contributed by atoms with Crippen molar-refractivity contribution >= 4 is 16.9 Å². The predicted octanol–water partition coefficient (Wildman–Crippen LogP) is 4.93. The summed E-state index contributed by atoms with van der Waals surface area (Å²) in [6.07, 6.45) is 7.36. The maximum Gasteiger partial charge on any atom is 0.338 e. The van der Waals surface area contributed by atoms with Gasteiger partial charge in [0.15, 0.2) is 0 Å². The number of hydrogen-bond donors (Lipinski definition) is 2. The fraction of sp³-hybridized carbons (Fsp3) is 0.609. The Morgan fingerprint density at radius 3 is 2.74 bits per heavy atom. The van der Waals surface area contributed by atoms with E-state index in [9.17, 15) is 9.90 Å². The number of likely N-dealkylation sites (tertiary alicyclic amines) is 1. The second-order valence-electron chi connectivity index (χ2n) is 8.96. The highest BCUT2D eigenvalue weighted by Crippen LogP contribution is 2.53. The van der Waals surface area contributed by atoms with E-state index in [1.165, 1.54) is 49.8 Å². The van der Waals surface area contributed by atoms with E-state index in [0.717, 1.165) is 28.9 Å². The van der Waals surface area contributed by atoms with Gasteiger partial charge in [0.2, 0.25) is 0 Å². The van der Waals surface area contributed by atoms with Crippen LogP contribution in [0.1, 0.15) is 66.2 Å². The molecular formula is C23H32N2O2. The van der Waals surface area contributed by atoms with Crippen LogP contribution < -0.4 is 0 Å². The van der Waals surface area contributed by atoms with E-state index >= 15 is 0 Å². The summed E-state index contributed by atoms with van der Waals surface area (Å²) in [4.78, 5) is 17.9. The third-order valence-corrected chi connectivity index (χ3v) is 7.59. The molecule has 1 atom stereocenters. The van der Waals surface area contributed by atoms with Crippen LogP contribution in [0.15, 0.2) is 12.1 Å². The van der Waals surface area contributed by atoms with E-state index in [1.807, 2.05) is 13.0 Å². The van der Waals surface area contributed by atoms with Crippen LogP contribution >= 0.6 is 0 Å². The molecule has 2 aliphatic rings. The molecule has 1 aliphatic carbocycles. The zero-order chi connectivity index (χ0) is 19.3. The van der Waals surface area contributed by atoms with Crippen LogP contribution in [0.4, 0.5) is 0 Å². The molecule has 4 nitrogen and oxygen atoms in total. The first-order valence-corrected chi connectivity index (χ1v) is 10.4. The minimum Gasteiger partial charge on any atom is -0.478 e. The van der Waals surface area contributed by atoms with Crippen LogP contribution in [0.2, 0.25) is 0 Å². The molecule has 2 N–H and O–H groups in total. The smallest absolute Gasteiger partial charge is 0.338 e. The second-order valence-corrected chi connectivity index (χ2v) is 8.96. The van der Waals surface area contributed by atoms with E-state index < -0.39 is 5.97 Å². The molecule has 2 fully saturated rings. The normalized spacial score (nSPS) is 28.6. The number of aromatic amines is 1. The summed E-state index contributed by atoms with van der Waals surface area (Å²) in [6.45, 7) is 7.51. The van der Waals surface area contributed by atoms with Gasteiger partial charge in [0.05, 0.1) is 5.56 Å². The lowest BCUT2D eigenvalue weighted by Crippen LogP contribution is -2.63. The van der Waals surface area contributed by atoms with Crippen LogP contribution in [0.3, 0.4) is 0 Å². The molecular weight excluding hydrogens is 336 g/mol. The van der Waals surface area contributed by atoms with Crippen molar-refractivity contribution < 1.29 is 9.90 Å². The van der Waals surface area contributed by atoms with Gasteiger partial charge in [0.1, 0.15) is 0 Å². The molecule has 1 aromatic heterocycles. The van der Waals surface area contributed by atoms with Crippen LogP contribution in [0.25, 0.3) is 10.9 Å². The monoisotopic (exact) mass is 368 g/mol. The molecule has 146 valence electrons. The van der Waals surface area contributed by atoms with Crippen LogP contribution in [0.5, 0.6) is 0 Å². The van der Waals surface area contributed by atoms with E-state index in [1.54, 1.807) is 0 Å². The third kappa shape index (κ3) is 2.80. The Hall–Kier alpha value is -1.81. The molecule has 0 bridgehead atoms. The van der Waals surface area contributed by atoms with E-state index in [2.05, 4.69) is 36.8 Å². The highest BCUT2D eigenvalue weighted by atomic mass is 16.4. The number of aryl methyl sites for hydroxylation is 2. The molecule has 1 unspecified atom stereocenters. The fourth-order valence-corrected chi connectivity index (χ4v) is 5.91. The SMILES string of the molecule is CCC1CC2(C1)C(Cc1c(C)ccc3[nH]c(C)c(C(=O)O)c13)CCCN2C. The van der Waals surface area contributed by atoms with E-state index in [4.69, 9.17) is 0 Å². The molecule has 1 aromatic carbocycles. The van der Waals surface area contributed by atoms with Crippen LogP contribution in [-0.4, -0.2) is 40.1 Å². The predicted molar refractivity (Wildman–Crippen MR) is 110 cm³/mol. The number of carboxylic acid groups (broad SMARTS) is 1. The van der Waals surface area contributed by atoms with Crippen molar-refractivity contribution in [1.82, 2.24) is 9.88 Å². The number of fused-ring (bicyclic) bond motifs is 1. The van der Waals surface area contributed by atoms with Gasteiger partial charge in [-0.15, -0.1) is 0 Å². The van der Waals surface area contributed by atoms with Crippen molar-refractivity contribution in [3.05, 3.63) is 34.5 Å². The number of aromatic nitrogens is 1. The summed E-state index contributed by atoms with van der Waals surface area (Å²) < 4.78 is 0. The minimum atomic E-state index is -0.823. The summed E-state index contributed by atoms with van der Waals surface area (Å²) in [5.41, 5.74) is 4.97. The molecule has 4 heteroatoms. The van der Waals surface area contributed by atoms with Gasteiger partial charge in [-0.05, 0) is 88.6 Å². The van der Waals surface area contributed by atoms with Crippen molar-refractivity contribution in [2.45, 2.75) is 64.8 Å². The molecule has 1 saturated carbocycles. The average Bonchev–Trinajstić information content (AvgIpc) is 2.92. The lowest BCUT2D eigenvalue weighted by Gasteiger charge is -2.60. The summed E-state index contributed by atoms with van der Waals surface area (Å²) >= 11 is 0. The molecule has 1 spiro atoms. The number of carboxylic acids is 1. The van der Waals surface area contributed by atoms with Gasteiger partial charge in [-0.3, -0.25) is 0 Å². The lowest BCUT2D eigenvalue weighted by atomic mass is 9.56. The first kappa shape index (κ1) is 18.5. The Morgan fingerprint density at radius 1 is 1.33 bits per heavy atom. The summed E-state index contributed by atoms with van der Waals surface area (Å²) in [6, 6.07) is 4.18. The molecule has 27 heavy (non-hydrogen) atoms. The molecule has 0 amide bonds. The minimum absolute atomic E-state index is 0.322. The van der Waals surface area contributed by atoms with Crippen LogP contribution in [-0.2, 0) is 6.42 Å². The molecule has 1 saturated heterocycles. The van der Waals surface area contributed by atoms with Gasteiger partial charge in [0.25, 0.3) is 0 Å². The number of rotatable bonds is 4. The summed E-state index contributed by atoms with van der Waals surface area (Å²) in [5, 5.41) is 10.8. The topological polar surface area (TPSA) is 56.3 Å². The number of benzene rings is 1. The van der Waals surface area contributed by atoms with Crippen molar-refractivity contribution in [1.29, 1.82) is 0 Å². The average molecular weight is 369 g/mol. The maximum absolute atomic E-state index is 12.0. The van der Waals surface area contributed by atoms with Gasteiger partial charge >= 0.3 is 5.97 Å². The van der Waals surface area contributed by atoms with Gasteiger partial charge in [0, 0.05) is 22.1 Å². The number of hydrogen-bond acceptors (Lipinski definition) is 2. The number of carbonyl (C=O) groups is 1. The Morgan fingerprint density at radius 2 is 2.07 bits per heavy atom. The second kappa shape index (κ2) is 6.66. The number of aromatic carboxylic acids is 1. The number of nitrogens with one attached hydrogen (secondary N) is 1. The first-order chi connectivity index (χ1) is 12.9. The molecule has 2 heterocycles. The standard InChI is InChI=1S/C23H32N2O2/c1-5-16-12-23(13-16)17(7-6-10-25(23)4)11-18-14(2)8-9-19-21(18)20(22(26)27)15(3)24-19/h8-9,16-17,24H,5-7,10-13H2,1-4H3,(H,26,27). The van der Waals surface area contributed by atoms with E-state index in [0.29, 0.717) is 17.0 Å². The largest absolute Gasteiger partial charge is 0.478 e. The zero-order valence-corrected chi connectivity index (χ0v) is 17.1. The highest BCUT2D eigenvalue weighted by molar-refractivity contribution is 6.06. The summed E-state index contributed by atoms with van der Waals surface area (Å²) in [7, 11) is 2.30. The maximum atomic E-state index is 12.0. The van der Waals surface area contributed by atoms with Gasteiger partial charge in [-0.1, -0.05) is 19.4 Å². The summed E-state index contributed by atoms with van der Waals surface area (Å²) in [5.74, 6) is 0.644. The first-order valence-electron chi connectivity index (χ1n) is 10.4. The molecule has 2 aromatic rings. The van der Waals surface area contributed by atoms with E-state index in [-0.39, 0.29) is 0 Å². The van der Waals surface area contributed by atoms with Crippen molar-refractivity contribution in [2.75, 3.05) is 13.6 Å². The Balaban J connectivity index is 1.76. The zero-order valence-electron chi connectivity index (χ0n) is 17.1. The molecule has 0 radical (unpaired) electrons. The number of piperidine rings is 1. The molecule has 4 rings (SSSR count). The van der Waals surface area contributed by atoms with Crippen molar-refractivity contribution in [3.8, 4) is 0 Å². The lowest BCUT2D eigenvalue weighted by molar-refractivity contribution is -0.0818. The number of nitrogens with zero attached hydrogens (tertiary/aromatic N) is 1. The third-order valence-electron chi connectivity index (χ3n) is 7.59. The van der Waals surface area contributed by atoms with Crippen molar-refractivity contribution in [3.63, 3.8) is 0 Å². The van der Waals surface area contributed by atoms with Crippen LogP contribution in [0, 0.1) is 25.7 Å². The van der Waals surface area contributed by atoms with Crippen molar-refractivity contribution in [2.24, 2.45) is 11.8 Å². The Labute approximate surface area is 162 Å². The highest BCUT2D eigenvalue weighted by Gasteiger charge is 2.52. The Bertz CT molecular complexity index is 876. The number of H-pyrrole nitrogens is 1. The van der Waals surface area contributed by atoms with Gasteiger partial charge < -0.3 is 15.0 Å².